The molecule has 0 saturated carbocycles. The summed E-state index contributed by atoms with van der Waals surface area (Å²) in [6, 6.07) is 1.40. The third-order valence-corrected chi connectivity index (χ3v) is 2.24. The predicted molar refractivity (Wildman–Crippen MR) is 65.2 cm³/mol. The number of anilines is 1. The molecule has 0 aromatic carbocycles. The number of rotatable bonds is 5. The number of hydrogen-bond donors (Lipinski definition) is 1. The summed E-state index contributed by atoms with van der Waals surface area (Å²) in [4.78, 5) is 15.6. The third kappa shape index (κ3) is 3.62. The van der Waals surface area contributed by atoms with Crippen LogP contribution < -0.4 is 10.1 Å². The highest BCUT2D eigenvalue weighted by molar-refractivity contribution is 5.79. The van der Waals surface area contributed by atoms with Gasteiger partial charge < -0.3 is 14.8 Å². The van der Waals surface area contributed by atoms with Gasteiger partial charge in [0, 0.05) is 5.69 Å². The van der Waals surface area contributed by atoms with E-state index in [1.54, 1.807) is 27.2 Å². The molecule has 1 heterocycles. The summed E-state index contributed by atoms with van der Waals surface area (Å²) < 4.78 is 10.1. The first-order chi connectivity index (χ1) is 8.08. The number of esters is 1. The van der Waals surface area contributed by atoms with Crippen molar-refractivity contribution < 1.29 is 14.3 Å². The monoisotopic (exact) mass is 238 g/mol. The van der Waals surface area contributed by atoms with Crippen LogP contribution in [0, 0.1) is 6.92 Å². The molecule has 1 atom stereocenters. The molecule has 0 aliphatic rings. The summed E-state index contributed by atoms with van der Waals surface area (Å²) in [6.45, 7) is 5.77. The maximum atomic E-state index is 11.5. The van der Waals surface area contributed by atoms with E-state index in [-0.39, 0.29) is 5.97 Å². The van der Waals surface area contributed by atoms with Gasteiger partial charge in [0.05, 0.1) is 25.6 Å². The van der Waals surface area contributed by atoms with Crippen LogP contribution in [0.4, 0.5) is 5.69 Å². The summed E-state index contributed by atoms with van der Waals surface area (Å²) >= 11 is 0. The number of carbonyl (C=O) groups is 1. The van der Waals surface area contributed by atoms with E-state index < -0.39 is 6.04 Å². The van der Waals surface area contributed by atoms with Gasteiger partial charge in [-0.25, -0.2) is 4.79 Å². The van der Waals surface area contributed by atoms with E-state index in [2.05, 4.69) is 10.3 Å². The van der Waals surface area contributed by atoms with E-state index in [1.807, 2.05) is 13.0 Å². The lowest BCUT2D eigenvalue weighted by Crippen LogP contribution is -2.28. The van der Waals surface area contributed by atoms with Gasteiger partial charge in [0.2, 0.25) is 0 Å². The standard InChI is InChI=1S/C12H18N2O3/c1-5-17-12(15)9(3)14-10-6-8(2)13-7-11(10)16-4/h6-7,9H,5H2,1-4H3,(H,13,14). The quantitative estimate of drug-likeness (QED) is 0.792. The molecule has 0 bridgehead atoms. The van der Waals surface area contributed by atoms with Gasteiger partial charge in [0.1, 0.15) is 6.04 Å². The minimum Gasteiger partial charge on any atom is -0.493 e. The van der Waals surface area contributed by atoms with Crippen molar-refractivity contribution in [2.75, 3.05) is 19.0 Å². The first kappa shape index (κ1) is 13.3. The van der Waals surface area contributed by atoms with E-state index in [0.717, 1.165) is 11.4 Å². The van der Waals surface area contributed by atoms with Crippen LogP contribution in [0.2, 0.25) is 0 Å². The Hall–Kier alpha value is -1.78. The van der Waals surface area contributed by atoms with E-state index in [9.17, 15) is 4.79 Å². The summed E-state index contributed by atoms with van der Waals surface area (Å²) in [5.41, 5.74) is 1.59. The molecule has 0 aliphatic carbocycles. The van der Waals surface area contributed by atoms with Gasteiger partial charge in [0.25, 0.3) is 0 Å². The Labute approximate surface area is 101 Å². The van der Waals surface area contributed by atoms with Gasteiger partial charge in [-0.1, -0.05) is 0 Å². The first-order valence-corrected chi connectivity index (χ1v) is 5.52. The highest BCUT2D eigenvalue weighted by Gasteiger charge is 2.15. The van der Waals surface area contributed by atoms with Crippen molar-refractivity contribution in [3.05, 3.63) is 18.0 Å². The van der Waals surface area contributed by atoms with Crippen LogP contribution in [0.1, 0.15) is 19.5 Å². The molecule has 17 heavy (non-hydrogen) atoms. The molecule has 0 spiro atoms. The summed E-state index contributed by atoms with van der Waals surface area (Å²) in [5, 5.41) is 3.05. The van der Waals surface area contributed by atoms with Crippen molar-refractivity contribution in [2.45, 2.75) is 26.8 Å². The molecule has 1 rings (SSSR count). The highest BCUT2D eigenvalue weighted by Crippen LogP contribution is 2.24. The van der Waals surface area contributed by atoms with Gasteiger partial charge in [-0.3, -0.25) is 4.98 Å². The number of aryl methyl sites for hydroxylation is 1. The van der Waals surface area contributed by atoms with Gasteiger partial charge in [-0.05, 0) is 26.8 Å². The van der Waals surface area contributed by atoms with Crippen molar-refractivity contribution in [1.82, 2.24) is 4.98 Å². The number of methoxy groups -OCH3 is 1. The number of nitrogens with zero attached hydrogens (tertiary/aromatic N) is 1. The topological polar surface area (TPSA) is 60.5 Å². The van der Waals surface area contributed by atoms with Crippen LogP contribution in [0.15, 0.2) is 12.3 Å². The lowest BCUT2D eigenvalue weighted by Gasteiger charge is -2.16. The fourth-order valence-electron chi connectivity index (χ4n) is 1.38. The summed E-state index contributed by atoms with van der Waals surface area (Å²) in [5.74, 6) is 0.316. The molecule has 1 aromatic rings. The SMILES string of the molecule is CCOC(=O)C(C)Nc1cc(C)ncc1OC. The van der Waals surface area contributed by atoms with Crippen molar-refractivity contribution in [3.63, 3.8) is 0 Å². The maximum Gasteiger partial charge on any atom is 0.328 e. The second-order valence-electron chi connectivity index (χ2n) is 3.64. The smallest absolute Gasteiger partial charge is 0.328 e. The van der Waals surface area contributed by atoms with Gasteiger partial charge >= 0.3 is 5.97 Å². The molecular formula is C12H18N2O3. The van der Waals surface area contributed by atoms with E-state index in [4.69, 9.17) is 9.47 Å². The number of carbonyl (C=O) groups excluding carboxylic acids is 1. The minimum atomic E-state index is -0.425. The Balaban J connectivity index is 2.79. The van der Waals surface area contributed by atoms with Gasteiger partial charge in [-0.2, -0.15) is 0 Å². The Morgan fingerprint density at radius 2 is 2.29 bits per heavy atom. The Bertz CT molecular complexity index is 393. The van der Waals surface area contributed by atoms with Crippen molar-refractivity contribution in [1.29, 1.82) is 0 Å². The Morgan fingerprint density at radius 1 is 1.59 bits per heavy atom. The number of pyridine rings is 1. The molecule has 94 valence electrons. The molecule has 0 fully saturated rings. The number of ether oxygens (including phenoxy) is 2. The lowest BCUT2D eigenvalue weighted by atomic mass is 10.2. The predicted octanol–water partition coefficient (Wildman–Crippen LogP) is 1.76. The zero-order valence-electron chi connectivity index (χ0n) is 10.6. The van der Waals surface area contributed by atoms with E-state index >= 15 is 0 Å². The van der Waals surface area contributed by atoms with Crippen LogP contribution in [0.5, 0.6) is 5.75 Å². The third-order valence-electron chi connectivity index (χ3n) is 2.24. The Kier molecular flexibility index (Phi) is 4.75. The van der Waals surface area contributed by atoms with Crippen LogP contribution in [0.3, 0.4) is 0 Å². The lowest BCUT2D eigenvalue weighted by molar-refractivity contribution is -0.143. The highest BCUT2D eigenvalue weighted by atomic mass is 16.5. The van der Waals surface area contributed by atoms with Crippen LogP contribution >= 0.6 is 0 Å². The van der Waals surface area contributed by atoms with Gasteiger partial charge in [-0.15, -0.1) is 0 Å². The molecule has 5 heteroatoms. The minimum absolute atomic E-state index is 0.288. The number of nitrogens with one attached hydrogen (secondary N) is 1. The molecule has 0 radical (unpaired) electrons. The normalized spacial score (nSPS) is 11.8. The zero-order valence-corrected chi connectivity index (χ0v) is 10.6. The van der Waals surface area contributed by atoms with E-state index in [1.165, 1.54) is 0 Å². The van der Waals surface area contributed by atoms with E-state index in [0.29, 0.717) is 12.4 Å². The molecule has 1 unspecified atom stereocenters. The van der Waals surface area contributed by atoms with Crippen LogP contribution in [0.25, 0.3) is 0 Å². The second kappa shape index (κ2) is 6.08. The molecule has 1 N–H and O–H groups in total. The van der Waals surface area contributed by atoms with Gasteiger partial charge in [0.15, 0.2) is 5.75 Å². The first-order valence-electron chi connectivity index (χ1n) is 5.52. The van der Waals surface area contributed by atoms with Crippen molar-refractivity contribution in [3.8, 4) is 5.75 Å². The molecule has 5 nitrogen and oxygen atoms in total. The number of hydrogen-bond acceptors (Lipinski definition) is 5. The average Bonchev–Trinajstić information content (AvgIpc) is 2.29. The summed E-state index contributed by atoms with van der Waals surface area (Å²) in [6.07, 6.45) is 1.62. The zero-order chi connectivity index (χ0) is 12.8. The molecule has 0 aliphatic heterocycles. The second-order valence-corrected chi connectivity index (χ2v) is 3.64. The molecular weight excluding hydrogens is 220 g/mol. The fraction of sp³-hybridized carbons (Fsp3) is 0.500. The summed E-state index contributed by atoms with van der Waals surface area (Å²) in [7, 11) is 1.56. The average molecular weight is 238 g/mol. The van der Waals surface area contributed by atoms with Crippen molar-refractivity contribution in [2.24, 2.45) is 0 Å². The fourth-order valence-corrected chi connectivity index (χ4v) is 1.38. The number of aromatic nitrogens is 1. The largest absolute Gasteiger partial charge is 0.493 e. The van der Waals surface area contributed by atoms with Crippen molar-refractivity contribution >= 4 is 11.7 Å². The maximum absolute atomic E-state index is 11.5. The van der Waals surface area contributed by atoms with Crippen LogP contribution in [-0.4, -0.2) is 30.7 Å². The molecule has 0 amide bonds. The Morgan fingerprint density at radius 3 is 2.88 bits per heavy atom. The van der Waals surface area contributed by atoms with Crippen LogP contribution in [-0.2, 0) is 9.53 Å². The molecule has 0 saturated heterocycles. The molecule has 1 aromatic heterocycles.